The quantitative estimate of drug-likeness (QED) is 0.885. The third-order valence-corrected chi connectivity index (χ3v) is 3.23. The average Bonchev–Trinajstić information content (AvgIpc) is 2.45. The summed E-state index contributed by atoms with van der Waals surface area (Å²) < 4.78 is 5.71. The molecule has 2 rings (SSSR count). The van der Waals surface area contributed by atoms with Crippen molar-refractivity contribution in [3.05, 3.63) is 53.1 Å². The molecule has 0 saturated heterocycles. The van der Waals surface area contributed by atoms with Crippen molar-refractivity contribution >= 4 is 11.6 Å². The number of rotatable bonds is 6. The first-order chi connectivity index (χ1) is 10.1. The fraction of sp³-hybridized carbons (Fsp3) is 0.375. The highest BCUT2D eigenvalue weighted by Gasteiger charge is 2.18. The van der Waals surface area contributed by atoms with E-state index in [1.54, 1.807) is 12.4 Å². The van der Waals surface area contributed by atoms with Gasteiger partial charge < -0.3 is 10.1 Å². The Kier molecular flexibility index (Phi) is 5.53. The molecule has 1 atom stereocenters. The molecule has 0 saturated carbocycles. The minimum Gasteiger partial charge on any atom is -0.489 e. The van der Waals surface area contributed by atoms with E-state index in [1.165, 1.54) is 0 Å². The summed E-state index contributed by atoms with van der Waals surface area (Å²) in [5.41, 5.74) is 1.78. The topological polar surface area (TPSA) is 47.0 Å². The number of ether oxygens (including phenoxy) is 1. The number of aromatic nitrogens is 2. The summed E-state index contributed by atoms with van der Waals surface area (Å²) >= 11 is 6.27. The van der Waals surface area contributed by atoms with Crippen LogP contribution >= 0.6 is 11.6 Å². The predicted octanol–water partition coefficient (Wildman–Crippen LogP) is 3.62. The van der Waals surface area contributed by atoms with Gasteiger partial charge in [-0.05, 0) is 44.2 Å². The lowest BCUT2D eigenvalue weighted by Crippen LogP contribution is -2.23. The van der Waals surface area contributed by atoms with E-state index in [9.17, 15) is 0 Å². The monoisotopic (exact) mass is 305 g/mol. The van der Waals surface area contributed by atoms with Crippen LogP contribution in [0.1, 0.15) is 38.1 Å². The molecule has 1 N–H and O–H groups in total. The van der Waals surface area contributed by atoms with E-state index in [0.29, 0.717) is 5.02 Å². The second-order valence-electron chi connectivity index (χ2n) is 4.98. The first-order valence-corrected chi connectivity index (χ1v) is 7.45. The number of nitrogens with zero attached hydrogens (tertiary/aromatic N) is 2. The van der Waals surface area contributed by atoms with Crippen molar-refractivity contribution in [3.8, 4) is 5.75 Å². The molecular weight excluding hydrogens is 286 g/mol. The summed E-state index contributed by atoms with van der Waals surface area (Å²) in [6, 6.07) is 5.54. The fourth-order valence-corrected chi connectivity index (χ4v) is 2.35. The van der Waals surface area contributed by atoms with Crippen molar-refractivity contribution in [2.75, 3.05) is 6.54 Å². The molecule has 0 amide bonds. The van der Waals surface area contributed by atoms with E-state index in [2.05, 4.69) is 15.3 Å². The normalized spacial score (nSPS) is 12.4. The molecule has 0 aromatic carbocycles. The Bertz CT molecular complexity index is 589. The lowest BCUT2D eigenvalue weighted by atomic mass is 10.0. The lowest BCUT2D eigenvalue weighted by molar-refractivity contribution is 0.241. The Balaban J connectivity index is 2.36. The van der Waals surface area contributed by atoms with Crippen LogP contribution in [0.25, 0.3) is 0 Å². The minimum absolute atomic E-state index is 0.105. The number of halogens is 1. The summed E-state index contributed by atoms with van der Waals surface area (Å²) in [7, 11) is 0. The molecule has 0 radical (unpaired) electrons. The Morgan fingerprint density at radius 2 is 2.14 bits per heavy atom. The van der Waals surface area contributed by atoms with Crippen LogP contribution in [0, 0.1) is 0 Å². The zero-order chi connectivity index (χ0) is 15.2. The van der Waals surface area contributed by atoms with Crippen molar-refractivity contribution < 1.29 is 4.74 Å². The Labute approximate surface area is 130 Å². The van der Waals surface area contributed by atoms with Crippen molar-refractivity contribution in [2.24, 2.45) is 0 Å². The van der Waals surface area contributed by atoms with Crippen LogP contribution in [0.15, 0.2) is 36.8 Å². The Morgan fingerprint density at radius 3 is 2.81 bits per heavy atom. The molecule has 2 aromatic rings. The minimum atomic E-state index is -0.105. The SMILES string of the molecule is CCNC(c1cncc(OC(C)C)c1)c1ncccc1Cl. The van der Waals surface area contributed by atoms with E-state index in [0.717, 1.165) is 23.6 Å². The van der Waals surface area contributed by atoms with Gasteiger partial charge in [-0.3, -0.25) is 9.97 Å². The third-order valence-electron chi connectivity index (χ3n) is 2.91. The zero-order valence-electron chi connectivity index (χ0n) is 12.5. The maximum atomic E-state index is 6.27. The van der Waals surface area contributed by atoms with Gasteiger partial charge in [0.1, 0.15) is 5.75 Å². The Morgan fingerprint density at radius 1 is 1.33 bits per heavy atom. The molecule has 5 heteroatoms. The van der Waals surface area contributed by atoms with Gasteiger partial charge in [-0.1, -0.05) is 18.5 Å². The van der Waals surface area contributed by atoms with Crippen LogP contribution in [0.4, 0.5) is 0 Å². The largest absolute Gasteiger partial charge is 0.489 e. The molecule has 4 nitrogen and oxygen atoms in total. The van der Waals surface area contributed by atoms with Gasteiger partial charge in [0.15, 0.2) is 0 Å². The van der Waals surface area contributed by atoms with Gasteiger partial charge in [-0.2, -0.15) is 0 Å². The van der Waals surface area contributed by atoms with Gasteiger partial charge in [0, 0.05) is 12.4 Å². The molecule has 2 aromatic heterocycles. The average molecular weight is 306 g/mol. The van der Waals surface area contributed by atoms with E-state index >= 15 is 0 Å². The summed E-state index contributed by atoms with van der Waals surface area (Å²) in [6.45, 7) is 6.83. The highest BCUT2D eigenvalue weighted by molar-refractivity contribution is 6.31. The van der Waals surface area contributed by atoms with Gasteiger partial charge >= 0.3 is 0 Å². The highest BCUT2D eigenvalue weighted by atomic mass is 35.5. The maximum Gasteiger partial charge on any atom is 0.138 e. The molecule has 0 fully saturated rings. The molecule has 0 bridgehead atoms. The molecule has 21 heavy (non-hydrogen) atoms. The summed E-state index contributed by atoms with van der Waals surface area (Å²) in [5.74, 6) is 0.748. The smallest absolute Gasteiger partial charge is 0.138 e. The van der Waals surface area contributed by atoms with Crippen LogP contribution in [-0.2, 0) is 0 Å². The molecule has 112 valence electrons. The molecule has 2 heterocycles. The summed E-state index contributed by atoms with van der Waals surface area (Å²) in [6.07, 6.45) is 5.38. The molecule has 0 spiro atoms. The first kappa shape index (κ1) is 15.7. The van der Waals surface area contributed by atoms with Gasteiger partial charge in [-0.15, -0.1) is 0 Å². The second kappa shape index (κ2) is 7.38. The number of pyridine rings is 2. The van der Waals surface area contributed by atoms with E-state index < -0.39 is 0 Å². The molecular formula is C16H20ClN3O. The number of hydrogen-bond donors (Lipinski definition) is 1. The van der Waals surface area contributed by atoms with E-state index in [1.807, 2.05) is 45.2 Å². The zero-order valence-corrected chi connectivity index (χ0v) is 13.3. The van der Waals surface area contributed by atoms with E-state index in [4.69, 9.17) is 16.3 Å². The summed E-state index contributed by atoms with van der Waals surface area (Å²) in [4.78, 5) is 8.66. The van der Waals surface area contributed by atoms with Crippen LogP contribution in [0.3, 0.4) is 0 Å². The maximum absolute atomic E-state index is 6.27. The predicted molar refractivity (Wildman–Crippen MR) is 84.8 cm³/mol. The van der Waals surface area contributed by atoms with Gasteiger partial charge in [-0.25, -0.2) is 0 Å². The van der Waals surface area contributed by atoms with Gasteiger partial charge in [0.05, 0.1) is 29.1 Å². The number of nitrogens with one attached hydrogen (secondary N) is 1. The first-order valence-electron chi connectivity index (χ1n) is 7.07. The van der Waals surface area contributed by atoms with Gasteiger partial charge in [0.2, 0.25) is 0 Å². The Hall–Kier alpha value is -1.65. The number of hydrogen-bond acceptors (Lipinski definition) is 4. The molecule has 0 aliphatic carbocycles. The molecule has 0 aliphatic heterocycles. The van der Waals surface area contributed by atoms with Crippen molar-refractivity contribution in [1.82, 2.24) is 15.3 Å². The highest BCUT2D eigenvalue weighted by Crippen LogP contribution is 2.27. The van der Waals surface area contributed by atoms with Gasteiger partial charge in [0.25, 0.3) is 0 Å². The second-order valence-corrected chi connectivity index (χ2v) is 5.39. The lowest BCUT2D eigenvalue weighted by Gasteiger charge is -2.19. The van der Waals surface area contributed by atoms with Crippen molar-refractivity contribution in [1.29, 1.82) is 0 Å². The fourth-order valence-electron chi connectivity index (χ4n) is 2.12. The standard InChI is InChI=1S/C16H20ClN3O/c1-4-19-15(16-14(17)6-5-7-20-16)12-8-13(10-18-9-12)21-11(2)3/h5-11,15,19H,4H2,1-3H3. The van der Waals surface area contributed by atoms with Crippen LogP contribution < -0.4 is 10.1 Å². The third kappa shape index (κ3) is 4.16. The van der Waals surface area contributed by atoms with Crippen molar-refractivity contribution in [2.45, 2.75) is 32.9 Å². The van der Waals surface area contributed by atoms with Crippen LogP contribution in [0.2, 0.25) is 5.02 Å². The molecule has 0 aliphatic rings. The summed E-state index contributed by atoms with van der Waals surface area (Å²) in [5, 5.41) is 4.03. The van der Waals surface area contributed by atoms with Crippen molar-refractivity contribution in [3.63, 3.8) is 0 Å². The van der Waals surface area contributed by atoms with E-state index in [-0.39, 0.29) is 12.1 Å². The van der Waals surface area contributed by atoms with Crippen LogP contribution in [-0.4, -0.2) is 22.6 Å². The van der Waals surface area contributed by atoms with Crippen LogP contribution in [0.5, 0.6) is 5.75 Å². The molecule has 1 unspecified atom stereocenters.